The van der Waals surface area contributed by atoms with E-state index in [2.05, 4.69) is 6.92 Å². The van der Waals surface area contributed by atoms with Gasteiger partial charge >= 0.3 is 0 Å². The smallest absolute Gasteiger partial charge is 0.248 e. The van der Waals surface area contributed by atoms with Crippen LogP contribution >= 0.6 is 0 Å². The topological polar surface area (TPSA) is 46.3 Å². The summed E-state index contributed by atoms with van der Waals surface area (Å²) in [5.74, 6) is 0.0442. The van der Waals surface area contributed by atoms with Crippen molar-refractivity contribution < 1.29 is 4.79 Å². The Labute approximate surface area is 103 Å². The van der Waals surface area contributed by atoms with E-state index in [0.29, 0.717) is 0 Å². The molecule has 92 valence electrons. The van der Waals surface area contributed by atoms with Crippen molar-refractivity contribution in [2.75, 3.05) is 11.4 Å². The number of hydrogen-bond acceptors (Lipinski definition) is 2. The van der Waals surface area contributed by atoms with Crippen molar-refractivity contribution in [1.29, 1.82) is 0 Å². The zero-order valence-electron chi connectivity index (χ0n) is 10.4. The minimum Gasteiger partial charge on any atom is -0.316 e. The zero-order valence-corrected chi connectivity index (χ0v) is 10.4. The number of nitrogens with zero attached hydrogens (tertiary/aromatic N) is 1. The summed E-state index contributed by atoms with van der Waals surface area (Å²) >= 11 is 0. The van der Waals surface area contributed by atoms with Crippen molar-refractivity contribution in [3.8, 4) is 0 Å². The van der Waals surface area contributed by atoms with Crippen molar-refractivity contribution >= 4 is 11.6 Å². The first-order chi connectivity index (χ1) is 8.25. The monoisotopic (exact) mass is 232 g/mol. The third-order valence-corrected chi connectivity index (χ3v) is 3.33. The number of para-hydroxylation sites is 1. The first-order valence-electron chi connectivity index (χ1n) is 6.41. The van der Waals surface area contributed by atoms with Gasteiger partial charge in [0.05, 0.1) is 0 Å². The van der Waals surface area contributed by atoms with Crippen LogP contribution in [0, 0.1) is 0 Å². The molecule has 1 aliphatic heterocycles. The van der Waals surface area contributed by atoms with Crippen LogP contribution in [0.3, 0.4) is 0 Å². The quantitative estimate of drug-likeness (QED) is 0.793. The molecule has 0 saturated carbocycles. The molecule has 0 fully saturated rings. The Bertz CT molecular complexity index is 403. The molecule has 0 aromatic heterocycles. The number of nitrogens with two attached hydrogens (primary N) is 1. The van der Waals surface area contributed by atoms with Crippen LogP contribution in [0.4, 0.5) is 5.69 Å². The van der Waals surface area contributed by atoms with Crippen molar-refractivity contribution in [1.82, 2.24) is 0 Å². The van der Waals surface area contributed by atoms with E-state index in [9.17, 15) is 4.79 Å². The number of anilines is 1. The summed E-state index contributed by atoms with van der Waals surface area (Å²) < 4.78 is 0. The summed E-state index contributed by atoms with van der Waals surface area (Å²) in [5, 5.41) is 0. The van der Waals surface area contributed by atoms with Gasteiger partial charge in [-0.15, -0.1) is 0 Å². The number of carbonyl (C=O) groups is 1. The lowest BCUT2D eigenvalue weighted by Gasteiger charge is -2.17. The number of benzene rings is 1. The van der Waals surface area contributed by atoms with Crippen molar-refractivity contribution in [2.45, 2.75) is 38.6 Å². The zero-order chi connectivity index (χ0) is 12.3. The Morgan fingerprint density at radius 3 is 2.76 bits per heavy atom. The van der Waals surface area contributed by atoms with E-state index in [0.717, 1.165) is 24.2 Å². The van der Waals surface area contributed by atoms with Crippen molar-refractivity contribution in [3.63, 3.8) is 0 Å². The highest BCUT2D eigenvalue weighted by Gasteiger charge is 2.33. The van der Waals surface area contributed by atoms with Gasteiger partial charge in [0.25, 0.3) is 0 Å². The molecule has 1 aromatic carbocycles. The number of unbranched alkanes of at least 4 members (excludes halogenated alkanes) is 3. The van der Waals surface area contributed by atoms with Gasteiger partial charge in [-0.3, -0.25) is 4.79 Å². The first-order valence-corrected chi connectivity index (χ1v) is 6.41. The molecule has 3 heteroatoms. The van der Waals surface area contributed by atoms with E-state index in [1.54, 1.807) is 0 Å². The Balaban J connectivity index is 2.05. The fraction of sp³-hybridized carbons (Fsp3) is 0.500. The Morgan fingerprint density at radius 2 is 2.00 bits per heavy atom. The van der Waals surface area contributed by atoms with Crippen LogP contribution in [-0.4, -0.2) is 12.5 Å². The van der Waals surface area contributed by atoms with Crippen LogP contribution in [0.1, 0.15) is 44.2 Å². The molecule has 2 N–H and O–H groups in total. The lowest BCUT2D eigenvalue weighted by Crippen LogP contribution is -2.32. The molecule has 0 aliphatic carbocycles. The van der Waals surface area contributed by atoms with Gasteiger partial charge in [-0.2, -0.15) is 0 Å². The molecule has 3 nitrogen and oxygen atoms in total. The van der Waals surface area contributed by atoms with Crippen molar-refractivity contribution in [3.05, 3.63) is 29.8 Å². The molecular formula is C14H20N2O. The highest BCUT2D eigenvalue weighted by molar-refractivity contribution is 6.04. The SMILES string of the molecule is CCCCCCN1C(=O)C(N)c2ccccc21. The summed E-state index contributed by atoms with van der Waals surface area (Å²) in [6, 6.07) is 7.37. The Hall–Kier alpha value is -1.35. The molecular weight excluding hydrogens is 212 g/mol. The van der Waals surface area contributed by atoms with Gasteiger partial charge in [-0.25, -0.2) is 0 Å². The Morgan fingerprint density at radius 1 is 1.24 bits per heavy atom. The van der Waals surface area contributed by atoms with Gasteiger partial charge in [0, 0.05) is 17.8 Å². The van der Waals surface area contributed by atoms with E-state index in [1.807, 2.05) is 29.2 Å². The van der Waals surface area contributed by atoms with Crippen LogP contribution in [0.15, 0.2) is 24.3 Å². The van der Waals surface area contributed by atoms with Crippen LogP contribution in [0.5, 0.6) is 0 Å². The largest absolute Gasteiger partial charge is 0.316 e. The fourth-order valence-corrected chi connectivity index (χ4v) is 2.34. The highest BCUT2D eigenvalue weighted by Crippen LogP contribution is 2.34. The van der Waals surface area contributed by atoms with Gasteiger partial charge in [-0.1, -0.05) is 44.4 Å². The lowest BCUT2D eigenvalue weighted by atomic mass is 10.1. The predicted octanol–water partition coefficient (Wildman–Crippen LogP) is 2.61. The van der Waals surface area contributed by atoms with Crippen molar-refractivity contribution in [2.24, 2.45) is 5.73 Å². The maximum atomic E-state index is 12.0. The third kappa shape index (κ3) is 2.34. The second-order valence-electron chi connectivity index (χ2n) is 4.59. The molecule has 1 aromatic rings. The number of hydrogen-bond donors (Lipinski definition) is 1. The normalized spacial score (nSPS) is 18.6. The summed E-state index contributed by atoms with van der Waals surface area (Å²) in [6.45, 7) is 2.98. The minimum atomic E-state index is -0.461. The molecule has 2 rings (SSSR count). The van der Waals surface area contributed by atoms with E-state index < -0.39 is 6.04 Å². The summed E-state index contributed by atoms with van der Waals surface area (Å²) in [6.07, 6.45) is 4.68. The predicted molar refractivity (Wildman–Crippen MR) is 69.9 cm³/mol. The van der Waals surface area contributed by atoms with Gasteiger partial charge in [0.1, 0.15) is 6.04 Å². The average Bonchev–Trinajstić information content (AvgIpc) is 2.60. The molecule has 1 amide bonds. The van der Waals surface area contributed by atoms with Gasteiger partial charge in [0.2, 0.25) is 5.91 Å². The van der Waals surface area contributed by atoms with E-state index >= 15 is 0 Å². The van der Waals surface area contributed by atoms with Crippen LogP contribution in [0.25, 0.3) is 0 Å². The maximum Gasteiger partial charge on any atom is 0.248 e. The van der Waals surface area contributed by atoms with E-state index in [-0.39, 0.29) is 5.91 Å². The summed E-state index contributed by atoms with van der Waals surface area (Å²) in [5.41, 5.74) is 7.89. The first kappa shape index (κ1) is 12.1. The summed E-state index contributed by atoms with van der Waals surface area (Å²) in [7, 11) is 0. The molecule has 0 saturated heterocycles. The van der Waals surface area contributed by atoms with E-state index in [1.165, 1.54) is 19.3 Å². The maximum absolute atomic E-state index is 12.0. The molecule has 1 aliphatic rings. The Kier molecular flexibility index (Phi) is 3.79. The second kappa shape index (κ2) is 5.32. The van der Waals surface area contributed by atoms with Gasteiger partial charge in [0.15, 0.2) is 0 Å². The molecule has 1 heterocycles. The number of fused-ring (bicyclic) bond motifs is 1. The molecule has 0 spiro atoms. The van der Waals surface area contributed by atoms with Gasteiger partial charge < -0.3 is 10.6 Å². The number of carbonyl (C=O) groups excluding carboxylic acids is 1. The van der Waals surface area contributed by atoms with Crippen LogP contribution in [-0.2, 0) is 4.79 Å². The highest BCUT2D eigenvalue weighted by atomic mass is 16.2. The summed E-state index contributed by atoms with van der Waals surface area (Å²) in [4.78, 5) is 13.9. The fourth-order valence-electron chi connectivity index (χ4n) is 2.34. The van der Waals surface area contributed by atoms with E-state index in [4.69, 9.17) is 5.73 Å². The minimum absolute atomic E-state index is 0.0442. The van der Waals surface area contributed by atoms with Crippen LogP contribution < -0.4 is 10.6 Å². The third-order valence-electron chi connectivity index (χ3n) is 3.33. The standard InChI is InChI=1S/C14H20N2O/c1-2-3-4-7-10-16-12-9-6-5-8-11(12)13(15)14(16)17/h5-6,8-9,13H,2-4,7,10,15H2,1H3. The number of rotatable bonds is 5. The molecule has 17 heavy (non-hydrogen) atoms. The second-order valence-corrected chi connectivity index (χ2v) is 4.59. The molecule has 0 radical (unpaired) electrons. The molecule has 1 atom stereocenters. The lowest BCUT2D eigenvalue weighted by molar-refractivity contribution is -0.119. The molecule has 1 unspecified atom stereocenters. The average molecular weight is 232 g/mol. The number of amides is 1. The van der Waals surface area contributed by atoms with Gasteiger partial charge in [-0.05, 0) is 12.5 Å². The van der Waals surface area contributed by atoms with Crippen LogP contribution in [0.2, 0.25) is 0 Å². The molecule has 0 bridgehead atoms.